The normalized spacial score (nSPS) is 19.1. The van der Waals surface area contributed by atoms with E-state index in [0.29, 0.717) is 5.92 Å². The molecule has 0 fully saturated rings. The average molecular weight is 623 g/mol. The van der Waals surface area contributed by atoms with E-state index in [1.54, 1.807) is 24.2 Å². The molecule has 6 rings (SSSR count). The Kier molecular flexibility index (Phi) is 10.4. The van der Waals surface area contributed by atoms with E-state index >= 15 is 0 Å². The van der Waals surface area contributed by atoms with E-state index < -0.39 is 0 Å². The minimum atomic E-state index is 0. The Balaban J connectivity index is 0.000000331. The van der Waals surface area contributed by atoms with Gasteiger partial charge in [-0.2, -0.15) is 6.08 Å². The Morgan fingerprint density at radius 1 is 0.789 bits per heavy atom. The number of halogens is 2. The quantitative estimate of drug-likeness (QED) is 0.335. The molecule has 3 aromatic carbocycles. The summed E-state index contributed by atoms with van der Waals surface area (Å²) < 4.78 is 1.51. The van der Waals surface area contributed by atoms with E-state index in [0.717, 1.165) is 0 Å². The molecule has 0 amide bonds. The number of fused-ring (bicyclic) bond motifs is 5. The second-order valence-corrected chi connectivity index (χ2v) is 14.7. The Bertz CT molecular complexity index is 1410. The van der Waals surface area contributed by atoms with Crippen molar-refractivity contribution < 1.29 is 49.0 Å². The number of allylic oxidation sites excluding steroid dienone is 8. The van der Waals surface area contributed by atoms with Gasteiger partial charge < -0.3 is 24.8 Å². The monoisotopic (exact) mass is 620 g/mol. The first-order chi connectivity index (χ1) is 16.7. The fourth-order valence-electron chi connectivity index (χ4n) is 5.97. The number of rotatable bonds is 0. The van der Waals surface area contributed by atoms with Crippen LogP contribution in [0.1, 0.15) is 91.5 Å². The molecule has 38 heavy (non-hydrogen) atoms. The van der Waals surface area contributed by atoms with Crippen LogP contribution in [0, 0.1) is 12.0 Å². The predicted octanol–water partition coefficient (Wildman–Crippen LogP) is 3.80. The molecular weight excluding hydrogens is 583 g/mol. The Labute approximate surface area is 257 Å². The predicted molar refractivity (Wildman–Crippen MR) is 157 cm³/mol. The molecule has 0 saturated carbocycles. The van der Waals surface area contributed by atoms with Crippen molar-refractivity contribution in [2.24, 2.45) is 5.92 Å². The van der Waals surface area contributed by atoms with Crippen LogP contribution in [0.2, 0.25) is 0 Å². The summed E-state index contributed by atoms with van der Waals surface area (Å²) in [5.41, 5.74) is 10.2. The maximum Gasteiger partial charge on any atom is -1.00 e. The maximum atomic E-state index is 3.15. The molecule has 200 valence electrons. The van der Waals surface area contributed by atoms with Crippen molar-refractivity contribution in [3.8, 4) is 0 Å². The first-order valence-electron chi connectivity index (χ1n) is 13.1. The summed E-state index contributed by atoms with van der Waals surface area (Å²) in [4.78, 5) is 0. The van der Waals surface area contributed by atoms with Crippen LogP contribution in [0.25, 0.3) is 32.7 Å². The zero-order chi connectivity index (χ0) is 26.6. The zero-order valence-corrected chi connectivity index (χ0v) is 28.5. The standard InChI is InChI=1S/C25H25.C7H9.C3H6.2ClH.Zr/c1-14-12-24(3,4)22-8-16-7-17-9-23-19(15(2)13-25(23,5)6)11-21(17)20(16)10-18(14)22;1-6-3-4-7(2)5-6;1-3-2;;;/h7-13H,1-6H3;3,5,7H,1-2H3;1-2H3;2*1H;/q2*-1;;;;+2/p-2. The van der Waals surface area contributed by atoms with Gasteiger partial charge in [-0.3, -0.25) is 6.08 Å². The van der Waals surface area contributed by atoms with Crippen LogP contribution in [-0.4, -0.2) is 3.21 Å². The van der Waals surface area contributed by atoms with Crippen LogP contribution >= 0.6 is 0 Å². The molecule has 0 N–H and O–H groups in total. The van der Waals surface area contributed by atoms with Gasteiger partial charge in [0.15, 0.2) is 0 Å². The van der Waals surface area contributed by atoms with Crippen molar-refractivity contribution >= 4 is 35.9 Å². The van der Waals surface area contributed by atoms with E-state index in [-0.39, 0.29) is 35.6 Å². The van der Waals surface area contributed by atoms with Crippen LogP contribution < -0.4 is 24.8 Å². The van der Waals surface area contributed by atoms with Crippen molar-refractivity contribution in [3.63, 3.8) is 0 Å². The minimum absolute atomic E-state index is 0. The topological polar surface area (TPSA) is 0 Å². The fourth-order valence-corrected chi connectivity index (χ4v) is 5.97. The molecule has 3 aliphatic rings. The molecule has 1 unspecified atom stereocenters. The summed E-state index contributed by atoms with van der Waals surface area (Å²) in [5, 5.41) is 5.57. The minimum Gasteiger partial charge on any atom is -1.00 e. The maximum absolute atomic E-state index is 3.15. The summed E-state index contributed by atoms with van der Waals surface area (Å²) in [6, 6.07) is 12.1. The average Bonchev–Trinajstić information content (AvgIpc) is 3.43. The number of hydrogen-bond donors (Lipinski definition) is 0. The van der Waals surface area contributed by atoms with Crippen LogP contribution in [0.5, 0.6) is 0 Å². The van der Waals surface area contributed by atoms with E-state index in [1.165, 1.54) is 63.7 Å². The summed E-state index contributed by atoms with van der Waals surface area (Å²) in [5.74, 6) is 0.556. The fraction of sp³-hybridized carbons (Fsp3) is 0.371. The van der Waals surface area contributed by atoms with Gasteiger partial charge in [-0.15, -0.1) is 46.7 Å². The van der Waals surface area contributed by atoms with Gasteiger partial charge in [0.2, 0.25) is 0 Å². The summed E-state index contributed by atoms with van der Waals surface area (Å²) in [6.45, 7) is 22.3. The number of hydrogen-bond acceptors (Lipinski definition) is 0. The van der Waals surface area contributed by atoms with Crippen molar-refractivity contribution in [1.29, 1.82) is 0 Å². The van der Waals surface area contributed by atoms with Gasteiger partial charge in [0.05, 0.1) is 0 Å². The molecule has 0 bridgehead atoms. The second-order valence-electron chi connectivity index (χ2n) is 12.2. The van der Waals surface area contributed by atoms with Crippen molar-refractivity contribution in [1.82, 2.24) is 0 Å². The zero-order valence-electron chi connectivity index (χ0n) is 24.5. The van der Waals surface area contributed by atoms with Gasteiger partial charge in [-0.25, -0.2) is 11.6 Å². The van der Waals surface area contributed by atoms with Crippen molar-refractivity contribution in [3.05, 3.63) is 88.5 Å². The molecule has 3 aliphatic carbocycles. The van der Waals surface area contributed by atoms with Gasteiger partial charge in [0, 0.05) is 10.8 Å². The first-order valence-corrected chi connectivity index (χ1v) is 14.3. The molecule has 1 atom stereocenters. The van der Waals surface area contributed by atoms with Gasteiger partial charge in [0.25, 0.3) is 0 Å². The van der Waals surface area contributed by atoms with Gasteiger partial charge in [-0.05, 0) is 36.1 Å². The SMILES string of the molecule is CC1=CC(C)(C)c2cc3[cH-]c4cc5c(cc4c3cc21)C(C)=CC5(C)C.CC1=CC(C)[C-]=C1.C[C](C)=[Zr+2].[Cl-].[Cl-]. The Morgan fingerprint density at radius 2 is 1.18 bits per heavy atom. The molecule has 0 radical (unpaired) electrons. The Morgan fingerprint density at radius 3 is 1.47 bits per heavy atom. The largest absolute Gasteiger partial charge is 1.00 e. The van der Waals surface area contributed by atoms with Crippen molar-refractivity contribution in [2.75, 3.05) is 0 Å². The molecule has 0 aromatic heterocycles. The first kappa shape index (κ1) is 32.8. The molecule has 0 heterocycles. The van der Waals surface area contributed by atoms with E-state index in [4.69, 9.17) is 0 Å². The van der Waals surface area contributed by atoms with Gasteiger partial charge in [-0.1, -0.05) is 75.9 Å². The third kappa shape index (κ3) is 6.49. The number of benzene rings is 2. The molecule has 0 spiro atoms. The van der Waals surface area contributed by atoms with Crippen LogP contribution in [0.15, 0.2) is 60.2 Å². The molecule has 0 saturated heterocycles. The summed E-state index contributed by atoms with van der Waals surface area (Å²) in [7, 11) is 0. The van der Waals surface area contributed by atoms with Crippen LogP contribution in [0.3, 0.4) is 0 Å². The molecule has 3 heteroatoms. The van der Waals surface area contributed by atoms with E-state index in [1.807, 2.05) is 6.08 Å². The van der Waals surface area contributed by atoms with Crippen molar-refractivity contribution in [2.45, 2.75) is 80.1 Å². The molecule has 0 aliphatic heterocycles. The third-order valence-corrected chi connectivity index (χ3v) is 7.46. The molecule has 0 nitrogen and oxygen atoms in total. The molecular formula is C35H40Cl2Zr-2. The smallest absolute Gasteiger partial charge is 1.00 e. The Hall–Kier alpha value is -1.40. The summed E-state index contributed by atoms with van der Waals surface area (Å²) in [6.07, 6.45) is 12.2. The van der Waals surface area contributed by atoms with Crippen LogP contribution in [-0.2, 0) is 35.1 Å². The summed E-state index contributed by atoms with van der Waals surface area (Å²) >= 11 is 1.55. The molecule has 3 aromatic rings. The van der Waals surface area contributed by atoms with E-state index in [9.17, 15) is 0 Å². The second kappa shape index (κ2) is 12.0. The van der Waals surface area contributed by atoms with Gasteiger partial charge >= 0.3 is 41.3 Å². The van der Waals surface area contributed by atoms with Crippen LogP contribution in [0.4, 0.5) is 0 Å². The third-order valence-electron chi connectivity index (χ3n) is 7.46. The van der Waals surface area contributed by atoms with E-state index in [2.05, 4.69) is 124 Å². The van der Waals surface area contributed by atoms with Gasteiger partial charge in [0.1, 0.15) is 0 Å².